The Labute approximate surface area is 179 Å². The maximum absolute atomic E-state index is 12.7. The molecule has 3 rings (SSSR count). The molecule has 0 radical (unpaired) electrons. The molecular weight excluding hydrogens is 439 g/mol. The first-order valence-corrected chi connectivity index (χ1v) is 11.0. The first-order valence-electron chi connectivity index (χ1n) is 8.83. The molecule has 0 unspecified atom stereocenters. The van der Waals surface area contributed by atoms with Gasteiger partial charge in [-0.2, -0.15) is 4.31 Å². The van der Waals surface area contributed by atoms with Crippen LogP contribution in [-0.2, 0) is 19.6 Å². The van der Waals surface area contributed by atoms with E-state index in [0.717, 1.165) is 5.56 Å². The molecule has 29 heavy (non-hydrogen) atoms. The highest BCUT2D eigenvalue weighted by molar-refractivity contribution is 7.89. The molecule has 10 heteroatoms. The topological polar surface area (TPSA) is 84.9 Å². The molecule has 0 bridgehead atoms. The number of morpholine rings is 1. The van der Waals surface area contributed by atoms with Crippen molar-refractivity contribution < 1.29 is 22.7 Å². The lowest BCUT2D eigenvalue weighted by Crippen LogP contribution is -2.40. The molecule has 1 heterocycles. The number of sulfonamides is 1. The fourth-order valence-corrected chi connectivity index (χ4v) is 4.66. The maximum Gasteiger partial charge on any atom is 0.262 e. The number of hydrogen-bond acceptors (Lipinski definition) is 5. The summed E-state index contributed by atoms with van der Waals surface area (Å²) in [7, 11) is -3.66. The van der Waals surface area contributed by atoms with E-state index >= 15 is 0 Å². The van der Waals surface area contributed by atoms with Crippen LogP contribution in [0.4, 0.5) is 5.69 Å². The lowest BCUT2D eigenvalue weighted by Gasteiger charge is -2.26. The molecule has 1 amide bonds. The number of carbonyl (C=O) groups is 1. The number of amides is 1. The van der Waals surface area contributed by atoms with Crippen LogP contribution in [-0.4, -0.2) is 51.5 Å². The molecule has 156 valence electrons. The second-order valence-electron chi connectivity index (χ2n) is 6.40. The number of anilines is 1. The summed E-state index contributed by atoms with van der Waals surface area (Å²) < 4.78 is 37.3. The van der Waals surface area contributed by atoms with Crippen LogP contribution < -0.4 is 10.1 Å². The highest BCUT2D eigenvalue weighted by Gasteiger charge is 2.27. The van der Waals surface area contributed by atoms with Gasteiger partial charge in [0.25, 0.3) is 5.91 Å². The van der Waals surface area contributed by atoms with Crippen molar-refractivity contribution in [2.45, 2.75) is 11.8 Å². The molecule has 1 saturated heterocycles. The van der Waals surface area contributed by atoms with E-state index in [9.17, 15) is 13.2 Å². The van der Waals surface area contributed by atoms with Gasteiger partial charge in [0.1, 0.15) is 5.75 Å². The number of nitrogens with one attached hydrogen (secondary N) is 1. The standard InChI is InChI=1S/C19H20Cl2N2O5S/c1-13-2-3-14(20)10-17(13)22-19(24)12-28-18-5-4-15(11-16(18)21)29(25,26)23-6-8-27-9-7-23/h2-5,10-11H,6-9,12H2,1H3,(H,22,24). The molecule has 2 aromatic carbocycles. The molecule has 1 fully saturated rings. The molecule has 0 atom stereocenters. The Morgan fingerprint density at radius 1 is 1.17 bits per heavy atom. The summed E-state index contributed by atoms with van der Waals surface area (Å²) in [5.41, 5.74) is 1.45. The van der Waals surface area contributed by atoms with Crippen LogP contribution in [0.25, 0.3) is 0 Å². The number of aryl methyl sites for hydroxylation is 1. The van der Waals surface area contributed by atoms with Crippen LogP contribution in [0.3, 0.4) is 0 Å². The predicted octanol–water partition coefficient (Wildman–Crippen LogP) is 3.34. The molecule has 0 aromatic heterocycles. The lowest BCUT2D eigenvalue weighted by molar-refractivity contribution is -0.118. The van der Waals surface area contributed by atoms with Gasteiger partial charge in [0.2, 0.25) is 10.0 Å². The highest BCUT2D eigenvalue weighted by atomic mass is 35.5. The van der Waals surface area contributed by atoms with Crippen molar-refractivity contribution in [3.63, 3.8) is 0 Å². The van der Waals surface area contributed by atoms with Gasteiger partial charge in [-0.05, 0) is 42.8 Å². The third kappa shape index (κ3) is 5.40. The van der Waals surface area contributed by atoms with Gasteiger partial charge >= 0.3 is 0 Å². The molecule has 1 aliphatic heterocycles. The molecule has 0 saturated carbocycles. The van der Waals surface area contributed by atoms with E-state index in [1.165, 1.54) is 22.5 Å². The quantitative estimate of drug-likeness (QED) is 0.717. The number of ether oxygens (including phenoxy) is 2. The van der Waals surface area contributed by atoms with Crippen molar-refractivity contribution in [1.82, 2.24) is 4.31 Å². The summed E-state index contributed by atoms with van der Waals surface area (Å²) in [6.45, 7) is 2.85. The van der Waals surface area contributed by atoms with E-state index in [-0.39, 0.29) is 22.3 Å². The van der Waals surface area contributed by atoms with Crippen molar-refractivity contribution in [3.8, 4) is 5.75 Å². The van der Waals surface area contributed by atoms with Crippen molar-refractivity contribution >= 4 is 44.8 Å². The van der Waals surface area contributed by atoms with Crippen LogP contribution >= 0.6 is 23.2 Å². The molecule has 0 aliphatic carbocycles. The van der Waals surface area contributed by atoms with E-state index < -0.39 is 15.9 Å². The van der Waals surface area contributed by atoms with Gasteiger partial charge in [-0.25, -0.2) is 8.42 Å². The van der Waals surface area contributed by atoms with Crippen molar-refractivity contribution in [2.75, 3.05) is 38.2 Å². The van der Waals surface area contributed by atoms with E-state index in [1.54, 1.807) is 18.2 Å². The third-order valence-corrected chi connectivity index (χ3v) is 6.77. The summed E-state index contributed by atoms with van der Waals surface area (Å²) in [5.74, 6) is -0.179. The maximum atomic E-state index is 12.7. The zero-order valence-electron chi connectivity index (χ0n) is 15.7. The molecule has 7 nitrogen and oxygen atoms in total. The van der Waals surface area contributed by atoms with Gasteiger partial charge < -0.3 is 14.8 Å². The molecule has 0 spiro atoms. The average Bonchev–Trinajstić information content (AvgIpc) is 2.70. The summed E-state index contributed by atoms with van der Waals surface area (Å²) in [5, 5.41) is 3.32. The largest absolute Gasteiger partial charge is 0.482 e. The van der Waals surface area contributed by atoms with Gasteiger partial charge in [0.05, 0.1) is 23.1 Å². The van der Waals surface area contributed by atoms with Crippen molar-refractivity contribution in [2.24, 2.45) is 0 Å². The fraction of sp³-hybridized carbons (Fsp3) is 0.316. The number of halogens is 2. The Morgan fingerprint density at radius 2 is 1.90 bits per heavy atom. The van der Waals surface area contributed by atoms with Crippen LogP contribution in [0, 0.1) is 6.92 Å². The van der Waals surface area contributed by atoms with Crippen LogP contribution in [0.2, 0.25) is 10.0 Å². The van der Waals surface area contributed by atoms with Gasteiger partial charge in [0, 0.05) is 23.8 Å². The predicted molar refractivity (Wildman–Crippen MR) is 111 cm³/mol. The molecule has 1 N–H and O–H groups in total. The van der Waals surface area contributed by atoms with Gasteiger partial charge in [-0.3, -0.25) is 4.79 Å². The minimum absolute atomic E-state index is 0.0655. The Balaban J connectivity index is 1.64. The van der Waals surface area contributed by atoms with Crippen molar-refractivity contribution in [1.29, 1.82) is 0 Å². The highest BCUT2D eigenvalue weighted by Crippen LogP contribution is 2.29. The van der Waals surface area contributed by atoms with E-state index in [4.69, 9.17) is 32.7 Å². The number of nitrogens with zero attached hydrogens (tertiary/aromatic N) is 1. The monoisotopic (exact) mass is 458 g/mol. The summed E-state index contributed by atoms with van der Waals surface area (Å²) in [6.07, 6.45) is 0. The van der Waals surface area contributed by atoms with E-state index in [0.29, 0.717) is 37.0 Å². The third-order valence-electron chi connectivity index (χ3n) is 4.34. The van der Waals surface area contributed by atoms with Gasteiger partial charge in [-0.15, -0.1) is 0 Å². The Kier molecular flexibility index (Phi) is 7.02. The van der Waals surface area contributed by atoms with E-state index in [1.807, 2.05) is 6.92 Å². The zero-order valence-corrected chi connectivity index (χ0v) is 18.0. The normalized spacial score (nSPS) is 15.1. The second kappa shape index (κ2) is 9.32. The molecule has 2 aromatic rings. The number of hydrogen-bond donors (Lipinski definition) is 1. The fourth-order valence-electron chi connectivity index (χ4n) is 2.75. The Hall–Kier alpha value is -1.84. The lowest BCUT2D eigenvalue weighted by atomic mass is 10.2. The van der Waals surface area contributed by atoms with Crippen LogP contribution in [0.1, 0.15) is 5.56 Å². The van der Waals surface area contributed by atoms with Crippen LogP contribution in [0.15, 0.2) is 41.3 Å². The summed E-state index contributed by atoms with van der Waals surface area (Å²) in [4.78, 5) is 12.2. The molecule has 1 aliphatic rings. The number of carbonyl (C=O) groups excluding carboxylic acids is 1. The number of rotatable bonds is 6. The van der Waals surface area contributed by atoms with E-state index in [2.05, 4.69) is 5.32 Å². The first-order chi connectivity index (χ1) is 13.8. The summed E-state index contributed by atoms with van der Waals surface area (Å²) in [6, 6.07) is 9.34. The summed E-state index contributed by atoms with van der Waals surface area (Å²) >= 11 is 12.1. The first kappa shape index (κ1) is 21.9. The Morgan fingerprint density at radius 3 is 2.59 bits per heavy atom. The van der Waals surface area contributed by atoms with Gasteiger partial charge in [-0.1, -0.05) is 29.3 Å². The minimum Gasteiger partial charge on any atom is -0.482 e. The smallest absolute Gasteiger partial charge is 0.262 e. The van der Waals surface area contributed by atoms with Crippen molar-refractivity contribution in [3.05, 3.63) is 52.0 Å². The van der Waals surface area contributed by atoms with Crippen LogP contribution in [0.5, 0.6) is 5.75 Å². The van der Waals surface area contributed by atoms with Gasteiger partial charge in [0.15, 0.2) is 6.61 Å². The Bertz CT molecular complexity index is 1010. The zero-order chi connectivity index (χ0) is 21.0. The second-order valence-corrected chi connectivity index (χ2v) is 9.19. The molecular formula is C19H20Cl2N2O5S. The minimum atomic E-state index is -3.66. The SMILES string of the molecule is Cc1ccc(Cl)cc1NC(=O)COc1ccc(S(=O)(=O)N2CCOCC2)cc1Cl. The number of benzene rings is 2. The average molecular weight is 459 g/mol.